The first kappa shape index (κ1) is 14.0. The summed E-state index contributed by atoms with van der Waals surface area (Å²) in [5.41, 5.74) is -0.503. The highest BCUT2D eigenvalue weighted by Gasteiger charge is 2.22. The van der Waals surface area contributed by atoms with Gasteiger partial charge in [0.1, 0.15) is 11.4 Å². The minimum Gasteiger partial charge on any atom is -0.443 e. The Hall–Kier alpha value is -1.10. The van der Waals surface area contributed by atoms with Gasteiger partial charge in [0.25, 0.3) is 0 Å². The lowest BCUT2D eigenvalue weighted by atomic mass is 10.2. The summed E-state index contributed by atoms with van der Waals surface area (Å²) in [4.78, 5) is 17.6. The van der Waals surface area contributed by atoms with Crippen molar-refractivity contribution >= 4 is 27.8 Å². The number of pyridine rings is 1. The van der Waals surface area contributed by atoms with Crippen molar-refractivity contribution in [1.29, 1.82) is 0 Å². The fourth-order valence-corrected chi connectivity index (χ4v) is 1.57. The molecule has 0 spiro atoms. The van der Waals surface area contributed by atoms with Crippen LogP contribution in [-0.2, 0) is 4.74 Å². The summed E-state index contributed by atoms with van der Waals surface area (Å²) in [7, 11) is 0. The first-order valence-corrected chi connectivity index (χ1v) is 6.25. The van der Waals surface area contributed by atoms with Crippen molar-refractivity contribution < 1.29 is 9.53 Å². The predicted molar refractivity (Wildman–Crippen MR) is 71.2 cm³/mol. The van der Waals surface area contributed by atoms with Gasteiger partial charge in [-0.3, -0.25) is 4.90 Å². The molecular weight excluding hydrogens is 284 g/mol. The van der Waals surface area contributed by atoms with Crippen LogP contribution in [0.2, 0.25) is 0 Å². The zero-order chi connectivity index (χ0) is 13.1. The Kier molecular flexibility index (Phi) is 4.51. The van der Waals surface area contributed by atoms with E-state index >= 15 is 0 Å². The summed E-state index contributed by atoms with van der Waals surface area (Å²) in [6.45, 7) is 7.91. The van der Waals surface area contributed by atoms with Crippen LogP contribution in [0, 0.1) is 0 Å². The molecular formula is C12H17BrN2O2. The topological polar surface area (TPSA) is 42.4 Å². The number of amides is 1. The molecule has 0 saturated carbocycles. The molecule has 1 rings (SSSR count). The van der Waals surface area contributed by atoms with Crippen molar-refractivity contribution in [3.8, 4) is 0 Å². The summed E-state index contributed by atoms with van der Waals surface area (Å²) in [6, 6.07) is 3.60. The number of nitrogens with zero attached hydrogens (tertiary/aromatic N) is 2. The molecule has 0 aliphatic carbocycles. The third-order valence-corrected chi connectivity index (χ3v) is 2.41. The van der Waals surface area contributed by atoms with Crippen LogP contribution in [0.5, 0.6) is 0 Å². The molecule has 0 saturated heterocycles. The normalized spacial score (nSPS) is 11.1. The van der Waals surface area contributed by atoms with E-state index in [0.717, 1.165) is 4.47 Å². The maximum atomic E-state index is 12.0. The Bertz CT molecular complexity index is 402. The van der Waals surface area contributed by atoms with Gasteiger partial charge in [0.2, 0.25) is 0 Å². The summed E-state index contributed by atoms with van der Waals surface area (Å²) >= 11 is 3.35. The number of carbonyl (C=O) groups excluding carboxylic acids is 1. The third-order valence-electron chi connectivity index (χ3n) is 1.91. The van der Waals surface area contributed by atoms with Crippen LogP contribution in [-0.4, -0.2) is 23.2 Å². The minimum atomic E-state index is -0.503. The monoisotopic (exact) mass is 300 g/mol. The molecule has 0 aliphatic rings. The van der Waals surface area contributed by atoms with E-state index in [1.165, 1.54) is 4.90 Å². The summed E-state index contributed by atoms with van der Waals surface area (Å²) in [5, 5.41) is 0. The molecule has 0 unspecified atom stereocenters. The number of hydrogen-bond acceptors (Lipinski definition) is 3. The number of halogens is 1. The van der Waals surface area contributed by atoms with Gasteiger partial charge in [0.05, 0.1) is 0 Å². The number of carbonyl (C=O) groups is 1. The van der Waals surface area contributed by atoms with Gasteiger partial charge in [-0.1, -0.05) is 15.9 Å². The van der Waals surface area contributed by atoms with E-state index in [9.17, 15) is 4.79 Å². The summed E-state index contributed by atoms with van der Waals surface area (Å²) < 4.78 is 6.20. The highest BCUT2D eigenvalue weighted by atomic mass is 79.9. The molecule has 1 heterocycles. The first-order chi connectivity index (χ1) is 7.83. The van der Waals surface area contributed by atoms with E-state index in [1.807, 2.05) is 33.8 Å². The number of ether oxygens (including phenoxy) is 1. The van der Waals surface area contributed by atoms with Gasteiger partial charge < -0.3 is 4.74 Å². The maximum Gasteiger partial charge on any atom is 0.415 e. The lowest BCUT2D eigenvalue weighted by molar-refractivity contribution is 0.0581. The Morgan fingerprint density at radius 2 is 2.18 bits per heavy atom. The molecule has 0 bridgehead atoms. The van der Waals surface area contributed by atoms with Crippen LogP contribution < -0.4 is 4.90 Å². The Labute approximate surface area is 110 Å². The molecule has 17 heavy (non-hydrogen) atoms. The van der Waals surface area contributed by atoms with Crippen molar-refractivity contribution in [3.05, 3.63) is 22.8 Å². The van der Waals surface area contributed by atoms with Crippen LogP contribution in [0.25, 0.3) is 0 Å². The van der Waals surface area contributed by atoms with Crippen LogP contribution in [0.15, 0.2) is 22.8 Å². The SMILES string of the molecule is CCN(C(=O)OC(C)(C)C)c1cc(Br)ccn1. The van der Waals surface area contributed by atoms with Gasteiger partial charge in [-0.2, -0.15) is 0 Å². The second kappa shape index (κ2) is 5.49. The second-order valence-electron chi connectivity index (χ2n) is 4.56. The summed E-state index contributed by atoms with van der Waals surface area (Å²) in [6.07, 6.45) is 1.26. The van der Waals surface area contributed by atoms with E-state index < -0.39 is 5.60 Å². The molecule has 0 fully saturated rings. The molecule has 5 heteroatoms. The highest BCUT2D eigenvalue weighted by molar-refractivity contribution is 9.10. The zero-order valence-corrected chi connectivity index (χ0v) is 12.1. The second-order valence-corrected chi connectivity index (χ2v) is 5.47. The van der Waals surface area contributed by atoms with Gasteiger partial charge >= 0.3 is 6.09 Å². The van der Waals surface area contributed by atoms with Crippen LogP contribution >= 0.6 is 15.9 Å². The average Bonchev–Trinajstić information content (AvgIpc) is 2.15. The predicted octanol–water partition coefficient (Wildman–Crippen LogP) is 3.61. The summed E-state index contributed by atoms with van der Waals surface area (Å²) in [5.74, 6) is 0.580. The van der Waals surface area contributed by atoms with Crippen LogP contribution in [0.1, 0.15) is 27.7 Å². The molecule has 0 N–H and O–H groups in total. The zero-order valence-electron chi connectivity index (χ0n) is 10.5. The molecule has 1 aromatic heterocycles. The van der Waals surface area contributed by atoms with Crippen molar-refractivity contribution in [2.75, 3.05) is 11.4 Å². The average molecular weight is 301 g/mol. The van der Waals surface area contributed by atoms with Crippen molar-refractivity contribution in [2.45, 2.75) is 33.3 Å². The number of hydrogen-bond donors (Lipinski definition) is 0. The molecule has 0 atom stereocenters. The maximum absolute atomic E-state index is 12.0. The number of aromatic nitrogens is 1. The van der Waals surface area contributed by atoms with Gasteiger partial charge in [-0.25, -0.2) is 9.78 Å². The quantitative estimate of drug-likeness (QED) is 0.838. The molecule has 4 nitrogen and oxygen atoms in total. The fourth-order valence-electron chi connectivity index (χ4n) is 1.24. The van der Waals surface area contributed by atoms with Crippen molar-refractivity contribution in [1.82, 2.24) is 4.98 Å². The lowest BCUT2D eigenvalue weighted by Crippen LogP contribution is -2.37. The van der Waals surface area contributed by atoms with Crippen molar-refractivity contribution in [3.63, 3.8) is 0 Å². The van der Waals surface area contributed by atoms with E-state index in [2.05, 4.69) is 20.9 Å². The first-order valence-electron chi connectivity index (χ1n) is 5.45. The van der Waals surface area contributed by atoms with Gasteiger partial charge in [0, 0.05) is 17.2 Å². The lowest BCUT2D eigenvalue weighted by Gasteiger charge is -2.25. The minimum absolute atomic E-state index is 0.384. The van der Waals surface area contributed by atoms with E-state index in [1.54, 1.807) is 12.3 Å². The Morgan fingerprint density at radius 3 is 2.65 bits per heavy atom. The highest BCUT2D eigenvalue weighted by Crippen LogP contribution is 2.19. The molecule has 0 radical (unpaired) electrons. The Balaban J connectivity index is 2.88. The molecule has 94 valence electrons. The van der Waals surface area contributed by atoms with E-state index in [-0.39, 0.29) is 6.09 Å². The molecule has 0 aliphatic heterocycles. The largest absolute Gasteiger partial charge is 0.443 e. The van der Waals surface area contributed by atoms with Crippen LogP contribution in [0.3, 0.4) is 0 Å². The molecule has 1 amide bonds. The molecule has 0 aromatic carbocycles. The number of rotatable bonds is 2. The van der Waals surface area contributed by atoms with Gasteiger partial charge in [0.15, 0.2) is 0 Å². The van der Waals surface area contributed by atoms with Gasteiger partial charge in [-0.05, 0) is 39.8 Å². The number of anilines is 1. The smallest absolute Gasteiger partial charge is 0.415 e. The van der Waals surface area contributed by atoms with E-state index in [4.69, 9.17) is 4.74 Å². The standard InChI is InChI=1S/C12H17BrN2O2/c1-5-15(11(16)17-12(2,3)4)10-8-9(13)6-7-14-10/h6-8H,5H2,1-4H3. The van der Waals surface area contributed by atoms with E-state index in [0.29, 0.717) is 12.4 Å². The van der Waals surface area contributed by atoms with Crippen molar-refractivity contribution in [2.24, 2.45) is 0 Å². The molecule has 1 aromatic rings. The van der Waals surface area contributed by atoms with Gasteiger partial charge in [-0.15, -0.1) is 0 Å². The van der Waals surface area contributed by atoms with Crippen LogP contribution in [0.4, 0.5) is 10.6 Å². The Morgan fingerprint density at radius 1 is 1.53 bits per heavy atom. The third kappa shape index (κ3) is 4.34. The fraction of sp³-hybridized carbons (Fsp3) is 0.500.